The molecule has 0 aromatic carbocycles. The Labute approximate surface area is 148 Å². The molecule has 8 heteroatoms. The summed E-state index contributed by atoms with van der Waals surface area (Å²) >= 11 is 1.43. The van der Waals surface area contributed by atoms with E-state index in [1.807, 2.05) is 11.6 Å². The van der Waals surface area contributed by atoms with E-state index in [1.54, 1.807) is 0 Å². The number of rotatable bonds is 9. The zero-order chi connectivity index (χ0) is 17.4. The lowest BCUT2D eigenvalue weighted by atomic mass is 10.1. The van der Waals surface area contributed by atoms with E-state index in [2.05, 4.69) is 34.3 Å². The molecule has 7 nitrogen and oxygen atoms in total. The van der Waals surface area contributed by atoms with Gasteiger partial charge in [0.1, 0.15) is 0 Å². The lowest BCUT2D eigenvalue weighted by Gasteiger charge is -2.27. The second-order valence-electron chi connectivity index (χ2n) is 6.19. The summed E-state index contributed by atoms with van der Waals surface area (Å²) in [4.78, 5) is 14.2. The first kappa shape index (κ1) is 19.1. The van der Waals surface area contributed by atoms with Crippen LogP contribution in [0, 0.1) is 0 Å². The fraction of sp³-hybridized carbons (Fsp3) is 0.812. The Morgan fingerprint density at radius 2 is 2.08 bits per heavy atom. The zero-order valence-corrected chi connectivity index (χ0v) is 15.8. The second-order valence-corrected chi connectivity index (χ2v) is 7.14. The molecule has 0 aliphatic carbocycles. The first-order valence-corrected chi connectivity index (χ1v) is 9.74. The summed E-state index contributed by atoms with van der Waals surface area (Å²) in [5, 5.41) is 12.3. The first-order valence-electron chi connectivity index (χ1n) is 8.76. The number of hydrogen-bond acceptors (Lipinski definition) is 6. The van der Waals surface area contributed by atoms with Crippen LogP contribution in [0.1, 0.15) is 39.5 Å². The summed E-state index contributed by atoms with van der Waals surface area (Å²) in [6.07, 6.45) is 4.62. The maximum Gasteiger partial charge on any atom is 0.230 e. The first-order chi connectivity index (χ1) is 11.6. The van der Waals surface area contributed by atoms with Crippen LogP contribution in [-0.4, -0.2) is 58.8 Å². The number of nitrogens with zero attached hydrogens (tertiary/aromatic N) is 4. The number of hydrogen-bond donors (Lipinski definition) is 1. The predicted octanol–water partition coefficient (Wildman–Crippen LogP) is 1.83. The molecule has 2 rings (SSSR count). The fourth-order valence-corrected chi connectivity index (χ4v) is 3.41. The minimum atomic E-state index is 0.0555. The van der Waals surface area contributed by atoms with Gasteiger partial charge in [0.15, 0.2) is 5.16 Å². The van der Waals surface area contributed by atoms with Crippen molar-refractivity contribution in [2.24, 2.45) is 7.05 Å². The van der Waals surface area contributed by atoms with Gasteiger partial charge in [-0.05, 0) is 13.3 Å². The van der Waals surface area contributed by atoms with E-state index < -0.39 is 0 Å². The fourth-order valence-electron chi connectivity index (χ4n) is 2.69. The average Bonchev–Trinajstić information content (AvgIpc) is 2.95. The van der Waals surface area contributed by atoms with E-state index in [4.69, 9.17) is 4.74 Å². The number of carbonyl (C=O) groups excluding carboxylic acids is 1. The molecule has 1 N–H and O–H groups in total. The number of aromatic nitrogens is 3. The average molecular weight is 356 g/mol. The molecular weight excluding hydrogens is 326 g/mol. The van der Waals surface area contributed by atoms with Crippen LogP contribution in [0.15, 0.2) is 5.16 Å². The molecule has 2 heterocycles. The summed E-state index contributed by atoms with van der Waals surface area (Å²) < 4.78 is 7.31. The standard InChI is InChI=1S/C16H29N5O2S/c1-4-5-6-7-13(2)17-14(22)12-24-16-19-18-15(20(16)3)21-8-10-23-11-9-21/h13H,4-12H2,1-3H3,(H,17,22). The Morgan fingerprint density at radius 1 is 1.33 bits per heavy atom. The highest BCUT2D eigenvalue weighted by atomic mass is 32.2. The third-order valence-electron chi connectivity index (χ3n) is 4.09. The molecule has 1 aliphatic heterocycles. The van der Waals surface area contributed by atoms with Crippen molar-refractivity contribution in [2.45, 2.75) is 50.7 Å². The molecule has 1 aliphatic rings. The Morgan fingerprint density at radius 3 is 2.79 bits per heavy atom. The summed E-state index contributed by atoms with van der Waals surface area (Å²) in [5.74, 6) is 1.27. The van der Waals surface area contributed by atoms with Gasteiger partial charge in [0, 0.05) is 26.2 Å². The van der Waals surface area contributed by atoms with E-state index >= 15 is 0 Å². The number of thioether (sulfide) groups is 1. The maximum absolute atomic E-state index is 12.1. The van der Waals surface area contributed by atoms with Crippen LogP contribution in [0.5, 0.6) is 0 Å². The molecule has 0 radical (unpaired) electrons. The molecule has 1 aromatic rings. The number of amides is 1. The van der Waals surface area contributed by atoms with E-state index in [1.165, 1.54) is 24.6 Å². The molecule has 0 spiro atoms. The molecule has 0 saturated carbocycles. The van der Waals surface area contributed by atoms with Gasteiger partial charge in [-0.2, -0.15) is 0 Å². The van der Waals surface area contributed by atoms with E-state index in [0.717, 1.165) is 37.0 Å². The summed E-state index contributed by atoms with van der Waals surface area (Å²) in [5.41, 5.74) is 0. The third-order valence-corrected chi connectivity index (χ3v) is 5.11. The highest BCUT2D eigenvalue weighted by Gasteiger charge is 2.19. The van der Waals surface area contributed by atoms with Crippen molar-refractivity contribution in [1.82, 2.24) is 20.1 Å². The van der Waals surface area contributed by atoms with Gasteiger partial charge in [-0.25, -0.2) is 0 Å². The van der Waals surface area contributed by atoms with Crippen molar-refractivity contribution < 1.29 is 9.53 Å². The van der Waals surface area contributed by atoms with Crippen molar-refractivity contribution in [3.63, 3.8) is 0 Å². The van der Waals surface area contributed by atoms with Gasteiger partial charge in [0.25, 0.3) is 0 Å². The predicted molar refractivity (Wildman–Crippen MR) is 96.5 cm³/mol. The molecule has 1 atom stereocenters. The van der Waals surface area contributed by atoms with E-state index in [0.29, 0.717) is 19.0 Å². The van der Waals surface area contributed by atoms with Gasteiger partial charge in [-0.15, -0.1) is 10.2 Å². The van der Waals surface area contributed by atoms with Gasteiger partial charge in [-0.3, -0.25) is 9.36 Å². The monoisotopic (exact) mass is 355 g/mol. The van der Waals surface area contributed by atoms with Crippen LogP contribution >= 0.6 is 11.8 Å². The SMILES string of the molecule is CCCCCC(C)NC(=O)CSc1nnc(N2CCOCC2)n1C. The highest BCUT2D eigenvalue weighted by molar-refractivity contribution is 7.99. The largest absolute Gasteiger partial charge is 0.378 e. The van der Waals surface area contributed by atoms with Gasteiger partial charge in [0.05, 0.1) is 19.0 Å². The third kappa shape index (κ3) is 5.66. The molecular formula is C16H29N5O2S. The van der Waals surface area contributed by atoms with Gasteiger partial charge in [-0.1, -0.05) is 37.9 Å². The van der Waals surface area contributed by atoms with Crippen molar-refractivity contribution in [3.05, 3.63) is 0 Å². The van der Waals surface area contributed by atoms with E-state index in [9.17, 15) is 4.79 Å². The Balaban J connectivity index is 1.77. The molecule has 1 saturated heterocycles. The zero-order valence-electron chi connectivity index (χ0n) is 15.0. The number of nitrogens with one attached hydrogen (secondary N) is 1. The van der Waals surface area contributed by atoms with Crippen LogP contribution in [0.3, 0.4) is 0 Å². The molecule has 0 bridgehead atoms. The molecule has 1 fully saturated rings. The minimum Gasteiger partial charge on any atom is -0.378 e. The molecule has 136 valence electrons. The molecule has 1 aromatic heterocycles. The van der Waals surface area contributed by atoms with Crippen LogP contribution in [0.4, 0.5) is 5.95 Å². The minimum absolute atomic E-state index is 0.0555. The number of morpholine rings is 1. The van der Waals surface area contributed by atoms with Gasteiger partial charge < -0.3 is 15.0 Å². The summed E-state index contributed by atoms with van der Waals surface area (Å²) in [6.45, 7) is 7.34. The number of unbranched alkanes of at least 4 members (excludes halogenated alkanes) is 2. The van der Waals surface area contributed by atoms with Crippen LogP contribution in [0.25, 0.3) is 0 Å². The van der Waals surface area contributed by atoms with Crippen LogP contribution in [-0.2, 0) is 16.6 Å². The lowest BCUT2D eigenvalue weighted by Crippen LogP contribution is -2.37. The van der Waals surface area contributed by atoms with E-state index in [-0.39, 0.29) is 11.9 Å². The number of carbonyl (C=O) groups is 1. The quantitative estimate of drug-likeness (QED) is 0.538. The van der Waals surface area contributed by atoms with Crippen molar-refractivity contribution in [1.29, 1.82) is 0 Å². The summed E-state index contributed by atoms with van der Waals surface area (Å²) in [7, 11) is 1.94. The Bertz CT molecular complexity index is 517. The van der Waals surface area contributed by atoms with Crippen molar-refractivity contribution in [3.8, 4) is 0 Å². The maximum atomic E-state index is 12.1. The Hall–Kier alpha value is -1.28. The number of anilines is 1. The van der Waals surface area contributed by atoms with Crippen LogP contribution in [0.2, 0.25) is 0 Å². The Kier molecular flexibility index (Phi) is 7.84. The van der Waals surface area contributed by atoms with Gasteiger partial charge in [0.2, 0.25) is 11.9 Å². The topological polar surface area (TPSA) is 72.3 Å². The second kappa shape index (κ2) is 9.88. The number of ether oxygens (including phenoxy) is 1. The lowest BCUT2D eigenvalue weighted by molar-refractivity contribution is -0.119. The highest BCUT2D eigenvalue weighted by Crippen LogP contribution is 2.20. The van der Waals surface area contributed by atoms with Crippen LogP contribution < -0.4 is 10.2 Å². The molecule has 1 amide bonds. The van der Waals surface area contributed by atoms with Gasteiger partial charge >= 0.3 is 0 Å². The normalized spacial score (nSPS) is 16.2. The summed E-state index contributed by atoms with van der Waals surface area (Å²) in [6, 6.07) is 0.230. The molecule has 24 heavy (non-hydrogen) atoms. The smallest absolute Gasteiger partial charge is 0.230 e. The van der Waals surface area contributed by atoms with Crippen molar-refractivity contribution >= 4 is 23.6 Å². The molecule has 1 unspecified atom stereocenters. The van der Waals surface area contributed by atoms with Crippen molar-refractivity contribution in [2.75, 3.05) is 37.0 Å².